The molecule has 0 bridgehead atoms. The lowest BCUT2D eigenvalue weighted by molar-refractivity contribution is -0.136. The summed E-state index contributed by atoms with van der Waals surface area (Å²) in [6.07, 6.45) is 1.37. The summed E-state index contributed by atoms with van der Waals surface area (Å²) in [6.45, 7) is 4.01. The molecule has 0 spiro atoms. The third-order valence-corrected chi connectivity index (χ3v) is 1.67. The maximum atomic E-state index is 10.4. The summed E-state index contributed by atoms with van der Waals surface area (Å²) < 4.78 is 0. The van der Waals surface area contributed by atoms with E-state index >= 15 is 0 Å². The molecule has 0 atom stereocenters. The van der Waals surface area contributed by atoms with E-state index in [1.807, 2.05) is 13.8 Å². The summed E-state index contributed by atoms with van der Waals surface area (Å²) in [5.74, 6) is -0.566. The van der Waals surface area contributed by atoms with Gasteiger partial charge in [-0.05, 0) is 12.0 Å². The number of carboxylic acids is 1. The minimum absolute atomic E-state index is 0.0394. The summed E-state index contributed by atoms with van der Waals surface area (Å²) in [6, 6.07) is 1.73. The summed E-state index contributed by atoms with van der Waals surface area (Å²) in [5.41, 5.74) is 1.44. The van der Waals surface area contributed by atoms with Crippen LogP contribution in [0, 0.1) is 0 Å². The van der Waals surface area contributed by atoms with Gasteiger partial charge >= 0.3 is 5.97 Å². The Kier molecular flexibility index (Phi) is 2.95. The SMILES string of the molecule is CC(C)c1cc(CC(=O)O)ncn1. The molecule has 1 aromatic heterocycles. The summed E-state index contributed by atoms with van der Waals surface area (Å²) in [4.78, 5) is 18.3. The van der Waals surface area contributed by atoms with E-state index in [1.54, 1.807) is 6.07 Å². The molecule has 0 fully saturated rings. The zero-order chi connectivity index (χ0) is 9.84. The molecule has 0 amide bonds. The fraction of sp³-hybridized carbons (Fsp3) is 0.444. The Morgan fingerprint density at radius 2 is 2.23 bits per heavy atom. The zero-order valence-corrected chi connectivity index (χ0v) is 7.69. The van der Waals surface area contributed by atoms with E-state index < -0.39 is 5.97 Å². The van der Waals surface area contributed by atoms with E-state index in [1.165, 1.54) is 6.33 Å². The Balaban J connectivity index is 2.85. The van der Waals surface area contributed by atoms with Crippen LogP contribution in [0.2, 0.25) is 0 Å². The van der Waals surface area contributed by atoms with E-state index in [0.29, 0.717) is 11.6 Å². The quantitative estimate of drug-likeness (QED) is 0.759. The van der Waals surface area contributed by atoms with E-state index in [9.17, 15) is 4.79 Å². The van der Waals surface area contributed by atoms with Crippen LogP contribution in [0.5, 0.6) is 0 Å². The van der Waals surface area contributed by atoms with Crippen molar-refractivity contribution in [3.05, 3.63) is 23.8 Å². The van der Waals surface area contributed by atoms with Gasteiger partial charge in [-0.2, -0.15) is 0 Å². The third kappa shape index (κ3) is 2.82. The molecule has 4 heteroatoms. The van der Waals surface area contributed by atoms with Crippen LogP contribution in [0.1, 0.15) is 31.2 Å². The zero-order valence-electron chi connectivity index (χ0n) is 7.69. The highest BCUT2D eigenvalue weighted by Crippen LogP contribution is 2.10. The molecule has 0 aliphatic carbocycles. The maximum Gasteiger partial charge on any atom is 0.309 e. The van der Waals surface area contributed by atoms with Gasteiger partial charge in [0.15, 0.2) is 0 Å². The molecular weight excluding hydrogens is 168 g/mol. The van der Waals surface area contributed by atoms with Crippen LogP contribution in [0.4, 0.5) is 0 Å². The van der Waals surface area contributed by atoms with Gasteiger partial charge in [0.25, 0.3) is 0 Å². The Bertz CT molecular complexity index is 310. The van der Waals surface area contributed by atoms with Crippen LogP contribution in [0.3, 0.4) is 0 Å². The van der Waals surface area contributed by atoms with Gasteiger partial charge in [-0.3, -0.25) is 4.79 Å². The second-order valence-electron chi connectivity index (χ2n) is 3.16. The molecule has 0 aromatic carbocycles. The molecule has 0 aliphatic heterocycles. The van der Waals surface area contributed by atoms with Crippen molar-refractivity contribution < 1.29 is 9.90 Å². The Morgan fingerprint density at radius 1 is 1.54 bits per heavy atom. The van der Waals surface area contributed by atoms with Crippen molar-refractivity contribution >= 4 is 5.97 Å². The average molecular weight is 180 g/mol. The molecule has 1 rings (SSSR count). The molecule has 0 radical (unpaired) electrons. The monoisotopic (exact) mass is 180 g/mol. The van der Waals surface area contributed by atoms with Crippen molar-refractivity contribution in [1.82, 2.24) is 9.97 Å². The standard InChI is InChI=1S/C9H12N2O2/c1-6(2)8-3-7(4-9(12)13)10-5-11-8/h3,5-6H,4H2,1-2H3,(H,12,13). The smallest absolute Gasteiger partial charge is 0.309 e. The highest BCUT2D eigenvalue weighted by molar-refractivity contribution is 5.69. The van der Waals surface area contributed by atoms with Gasteiger partial charge in [0, 0.05) is 5.69 Å². The van der Waals surface area contributed by atoms with E-state index in [-0.39, 0.29) is 6.42 Å². The second kappa shape index (κ2) is 3.98. The fourth-order valence-electron chi connectivity index (χ4n) is 0.982. The molecule has 0 saturated heterocycles. The van der Waals surface area contributed by atoms with Crippen molar-refractivity contribution in [2.75, 3.05) is 0 Å². The van der Waals surface area contributed by atoms with Gasteiger partial charge in [-0.1, -0.05) is 13.8 Å². The molecule has 0 saturated carbocycles. The van der Waals surface area contributed by atoms with Crippen LogP contribution in [0.25, 0.3) is 0 Å². The summed E-state index contributed by atoms with van der Waals surface area (Å²) >= 11 is 0. The van der Waals surface area contributed by atoms with Crippen LogP contribution >= 0.6 is 0 Å². The third-order valence-electron chi connectivity index (χ3n) is 1.67. The first-order chi connectivity index (χ1) is 6.09. The largest absolute Gasteiger partial charge is 0.481 e. The van der Waals surface area contributed by atoms with Gasteiger partial charge in [-0.15, -0.1) is 0 Å². The Hall–Kier alpha value is -1.45. The van der Waals surface area contributed by atoms with Crippen LogP contribution in [-0.2, 0) is 11.2 Å². The van der Waals surface area contributed by atoms with E-state index in [0.717, 1.165) is 5.69 Å². The topological polar surface area (TPSA) is 63.1 Å². The summed E-state index contributed by atoms with van der Waals surface area (Å²) in [5, 5.41) is 8.54. The average Bonchev–Trinajstić information content (AvgIpc) is 2.03. The van der Waals surface area contributed by atoms with Gasteiger partial charge in [0.2, 0.25) is 0 Å². The molecule has 70 valence electrons. The van der Waals surface area contributed by atoms with E-state index in [4.69, 9.17) is 5.11 Å². The van der Waals surface area contributed by atoms with Crippen molar-refractivity contribution in [1.29, 1.82) is 0 Å². The van der Waals surface area contributed by atoms with Crippen molar-refractivity contribution in [3.63, 3.8) is 0 Å². The van der Waals surface area contributed by atoms with Crippen molar-refractivity contribution in [3.8, 4) is 0 Å². The second-order valence-corrected chi connectivity index (χ2v) is 3.16. The van der Waals surface area contributed by atoms with Gasteiger partial charge in [0.05, 0.1) is 12.1 Å². The van der Waals surface area contributed by atoms with Crippen molar-refractivity contribution in [2.24, 2.45) is 0 Å². The highest BCUT2D eigenvalue weighted by Gasteiger charge is 2.05. The number of rotatable bonds is 3. The number of aliphatic carboxylic acids is 1. The van der Waals surface area contributed by atoms with Crippen LogP contribution in [0.15, 0.2) is 12.4 Å². The van der Waals surface area contributed by atoms with Crippen LogP contribution in [-0.4, -0.2) is 21.0 Å². The minimum atomic E-state index is -0.867. The Labute approximate surface area is 76.7 Å². The molecule has 1 heterocycles. The number of carbonyl (C=O) groups is 1. The predicted molar refractivity (Wildman–Crippen MR) is 47.5 cm³/mol. The van der Waals surface area contributed by atoms with E-state index in [2.05, 4.69) is 9.97 Å². The highest BCUT2D eigenvalue weighted by atomic mass is 16.4. The number of hydrogen-bond donors (Lipinski definition) is 1. The lowest BCUT2D eigenvalue weighted by Crippen LogP contribution is -2.04. The summed E-state index contributed by atoms with van der Waals surface area (Å²) in [7, 11) is 0. The number of aromatic nitrogens is 2. The minimum Gasteiger partial charge on any atom is -0.481 e. The predicted octanol–water partition coefficient (Wildman–Crippen LogP) is 1.23. The molecular formula is C9H12N2O2. The molecule has 13 heavy (non-hydrogen) atoms. The van der Waals surface area contributed by atoms with Gasteiger partial charge in [0.1, 0.15) is 6.33 Å². The van der Waals surface area contributed by atoms with Crippen molar-refractivity contribution in [2.45, 2.75) is 26.2 Å². The van der Waals surface area contributed by atoms with Gasteiger partial charge < -0.3 is 5.11 Å². The lowest BCUT2D eigenvalue weighted by Gasteiger charge is -2.04. The van der Waals surface area contributed by atoms with Gasteiger partial charge in [-0.25, -0.2) is 9.97 Å². The number of carboxylic acid groups (broad SMARTS) is 1. The molecule has 1 aromatic rings. The molecule has 0 aliphatic rings. The van der Waals surface area contributed by atoms with Crippen LogP contribution < -0.4 is 0 Å². The maximum absolute atomic E-state index is 10.4. The molecule has 0 unspecified atom stereocenters. The molecule has 1 N–H and O–H groups in total. The first kappa shape index (κ1) is 9.64. The first-order valence-electron chi connectivity index (χ1n) is 4.12. The Morgan fingerprint density at radius 3 is 2.77 bits per heavy atom. The normalized spacial score (nSPS) is 10.4. The number of nitrogens with zero attached hydrogens (tertiary/aromatic N) is 2. The molecule has 4 nitrogen and oxygen atoms in total. The number of hydrogen-bond acceptors (Lipinski definition) is 3. The first-order valence-corrected chi connectivity index (χ1v) is 4.12. The fourth-order valence-corrected chi connectivity index (χ4v) is 0.982. The lowest BCUT2D eigenvalue weighted by atomic mass is 10.1.